The minimum absolute atomic E-state index is 0.209. The van der Waals surface area contributed by atoms with E-state index in [1.807, 2.05) is 0 Å². The summed E-state index contributed by atoms with van der Waals surface area (Å²) in [6.45, 7) is 1.08. The quantitative estimate of drug-likeness (QED) is 0.704. The molecule has 0 atom stereocenters. The molecule has 1 aromatic carbocycles. The van der Waals surface area contributed by atoms with Crippen LogP contribution in [-0.4, -0.2) is 26.8 Å². The average molecular weight is 281 g/mol. The van der Waals surface area contributed by atoms with E-state index in [-0.39, 0.29) is 5.82 Å². The summed E-state index contributed by atoms with van der Waals surface area (Å²) < 4.78 is 24.2. The second kappa shape index (κ2) is 7.48. The van der Waals surface area contributed by atoms with Gasteiger partial charge in [-0.15, -0.1) is 0 Å². The number of hydrogen-bond donors (Lipinski definition) is 1. The predicted octanol–water partition coefficient (Wildman–Crippen LogP) is 3.31. The lowest BCUT2D eigenvalue weighted by molar-refractivity contribution is 0.351. The van der Waals surface area contributed by atoms with Crippen LogP contribution >= 0.6 is 0 Å². The molecule has 4 heteroatoms. The minimum Gasteiger partial charge on any atom is -0.493 e. The topological polar surface area (TPSA) is 30.5 Å². The highest BCUT2D eigenvalue weighted by molar-refractivity contribution is 5.43. The molecule has 0 bridgehead atoms. The van der Waals surface area contributed by atoms with Crippen molar-refractivity contribution >= 4 is 0 Å². The fourth-order valence-electron chi connectivity index (χ4n) is 2.30. The third kappa shape index (κ3) is 4.37. The number of unbranched alkanes of at least 4 members (excludes halogenated alkanes) is 2. The van der Waals surface area contributed by atoms with Crippen molar-refractivity contribution in [1.29, 1.82) is 0 Å². The lowest BCUT2D eigenvalue weighted by Crippen LogP contribution is -2.17. The second-order valence-electron chi connectivity index (χ2n) is 5.34. The molecule has 3 nitrogen and oxygen atoms in total. The number of methoxy groups -OCH3 is 2. The summed E-state index contributed by atoms with van der Waals surface area (Å²) in [6.07, 6.45) is 6.68. The van der Waals surface area contributed by atoms with Crippen molar-refractivity contribution in [1.82, 2.24) is 5.32 Å². The predicted molar refractivity (Wildman–Crippen MR) is 78.1 cm³/mol. The Hall–Kier alpha value is -1.29. The largest absolute Gasteiger partial charge is 0.493 e. The van der Waals surface area contributed by atoms with Crippen LogP contribution in [0.25, 0.3) is 0 Å². The standard InChI is InChI=1S/C16H24FNO2/c1-19-15-10-12(14(17)11-16(15)20-2)6-4-3-5-9-18-13-7-8-13/h10-11,13,18H,3-9H2,1-2H3. The van der Waals surface area contributed by atoms with Crippen LogP contribution in [0.4, 0.5) is 4.39 Å². The van der Waals surface area contributed by atoms with Gasteiger partial charge in [0, 0.05) is 12.1 Å². The zero-order chi connectivity index (χ0) is 14.4. The van der Waals surface area contributed by atoms with Crippen LogP contribution in [0.5, 0.6) is 11.5 Å². The zero-order valence-corrected chi connectivity index (χ0v) is 12.4. The van der Waals surface area contributed by atoms with Crippen LogP contribution in [0.1, 0.15) is 37.7 Å². The molecule has 0 aliphatic heterocycles. The lowest BCUT2D eigenvalue weighted by atomic mass is 10.1. The highest BCUT2D eigenvalue weighted by Gasteiger charge is 2.19. The van der Waals surface area contributed by atoms with Crippen molar-refractivity contribution in [2.45, 2.75) is 44.6 Å². The summed E-state index contributed by atoms with van der Waals surface area (Å²) >= 11 is 0. The van der Waals surface area contributed by atoms with Crippen molar-refractivity contribution in [3.8, 4) is 11.5 Å². The van der Waals surface area contributed by atoms with Crippen molar-refractivity contribution in [3.63, 3.8) is 0 Å². The van der Waals surface area contributed by atoms with Gasteiger partial charge in [0.05, 0.1) is 14.2 Å². The average Bonchev–Trinajstić information content (AvgIpc) is 3.27. The van der Waals surface area contributed by atoms with E-state index < -0.39 is 0 Å². The molecule has 1 saturated carbocycles. The number of ether oxygens (including phenoxy) is 2. The molecular formula is C16H24FNO2. The maximum Gasteiger partial charge on any atom is 0.163 e. The van der Waals surface area contributed by atoms with E-state index in [4.69, 9.17) is 9.47 Å². The van der Waals surface area contributed by atoms with Gasteiger partial charge in [0.1, 0.15) is 5.82 Å². The van der Waals surface area contributed by atoms with Crippen LogP contribution in [0.15, 0.2) is 12.1 Å². The zero-order valence-electron chi connectivity index (χ0n) is 12.4. The number of nitrogens with one attached hydrogen (secondary N) is 1. The van der Waals surface area contributed by atoms with Crippen molar-refractivity contribution in [2.24, 2.45) is 0 Å². The van der Waals surface area contributed by atoms with E-state index >= 15 is 0 Å². The number of halogens is 1. The van der Waals surface area contributed by atoms with Crippen LogP contribution in [-0.2, 0) is 6.42 Å². The van der Waals surface area contributed by atoms with Gasteiger partial charge in [0.2, 0.25) is 0 Å². The van der Waals surface area contributed by atoms with E-state index in [0.717, 1.165) is 38.3 Å². The monoisotopic (exact) mass is 281 g/mol. The van der Waals surface area contributed by atoms with E-state index in [9.17, 15) is 4.39 Å². The van der Waals surface area contributed by atoms with Gasteiger partial charge < -0.3 is 14.8 Å². The molecule has 2 rings (SSSR count). The summed E-state index contributed by atoms with van der Waals surface area (Å²) in [5.41, 5.74) is 0.706. The van der Waals surface area contributed by atoms with Gasteiger partial charge >= 0.3 is 0 Å². The summed E-state index contributed by atoms with van der Waals surface area (Å²) in [6, 6.07) is 3.93. The highest BCUT2D eigenvalue weighted by Crippen LogP contribution is 2.30. The summed E-state index contributed by atoms with van der Waals surface area (Å²) in [7, 11) is 3.09. The van der Waals surface area contributed by atoms with E-state index in [1.165, 1.54) is 26.0 Å². The van der Waals surface area contributed by atoms with E-state index in [1.54, 1.807) is 13.2 Å². The molecule has 1 aliphatic carbocycles. The first-order valence-corrected chi connectivity index (χ1v) is 7.38. The molecule has 0 amide bonds. The van der Waals surface area contributed by atoms with Crippen molar-refractivity contribution in [3.05, 3.63) is 23.5 Å². The fraction of sp³-hybridized carbons (Fsp3) is 0.625. The molecule has 1 aromatic rings. The highest BCUT2D eigenvalue weighted by atomic mass is 19.1. The Labute approximate surface area is 120 Å². The van der Waals surface area contributed by atoms with Gasteiger partial charge in [-0.05, 0) is 50.3 Å². The molecule has 0 unspecified atom stereocenters. The molecule has 112 valence electrons. The number of benzene rings is 1. The molecular weight excluding hydrogens is 257 g/mol. The van der Waals surface area contributed by atoms with Gasteiger partial charge in [-0.3, -0.25) is 0 Å². The molecule has 0 radical (unpaired) electrons. The van der Waals surface area contributed by atoms with Gasteiger partial charge in [0.25, 0.3) is 0 Å². The Morgan fingerprint density at radius 2 is 1.80 bits per heavy atom. The van der Waals surface area contributed by atoms with Crippen LogP contribution in [0.3, 0.4) is 0 Å². The molecule has 0 saturated heterocycles. The summed E-state index contributed by atoms with van der Waals surface area (Å²) in [4.78, 5) is 0. The Morgan fingerprint density at radius 1 is 1.10 bits per heavy atom. The maximum absolute atomic E-state index is 13.9. The minimum atomic E-state index is -0.209. The van der Waals surface area contributed by atoms with E-state index in [0.29, 0.717) is 17.1 Å². The van der Waals surface area contributed by atoms with E-state index in [2.05, 4.69) is 5.32 Å². The smallest absolute Gasteiger partial charge is 0.163 e. The maximum atomic E-state index is 13.9. The fourth-order valence-corrected chi connectivity index (χ4v) is 2.30. The first kappa shape index (κ1) is 15.1. The van der Waals surface area contributed by atoms with Gasteiger partial charge in [-0.1, -0.05) is 6.42 Å². The van der Waals surface area contributed by atoms with Gasteiger partial charge in [-0.25, -0.2) is 4.39 Å². The van der Waals surface area contributed by atoms with Crippen LogP contribution in [0, 0.1) is 5.82 Å². The summed E-state index contributed by atoms with van der Waals surface area (Å²) in [5.74, 6) is 0.834. The van der Waals surface area contributed by atoms with Gasteiger partial charge in [0.15, 0.2) is 11.5 Å². The summed E-state index contributed by atoms with van der Waals surface area (Å²) in [5, 5.41) is 3.49. The third-order valence-electron chi connectivity index (χ3n) is 3.69. The van der Waals surface area contributed by atoms with Crippen molar-refractivity contribution in [2.75, 3.05) is 20.8 Å². The Morgan fingerprint density at radius 3 is 2.45 bits per heavy atom. The van der Waals surface area contributed by atoms with Crippen LogP contribution in [0.2, 0.25) is 0 Å². The van der Waals surface area contributed by atoms with Gasteiger partial charge in [-0.2, -0.15) is 0 Å². The SMILES string of the molecule is COc1cc(F)c(CCCCCNC2CC2)cc1OC. The molecule has 1 N–H and O–H groups in total. The molecule has 20 heavy (non-hydrogen) atoms. The normalized spacial score (nSPS) is 14.3. The Bertz CT molecular complexity index is 433. The van der Waals surface area contributed by atoms with Crippen LogP contribution < -0.4 is 14.8 Å². The Kier molecular flexibility index (Phi) is 5.65. The molecule has 1 aliphatic rings. The second-order valence-corrected chi connectivity index (χ2v) is 5.34. The number of hydrogen-bond acceptors (Lipinski definition) is 3. The molecule has 0 spiro atoms. The molecule has 1 fully saturated rings. The molecule has 0 aromatic heterocycles. The first-order valence-electron chi connectivity index (χ1n) is 7.38. The number of aryl methyl sites for hydroxylation is 1. The first-order chi connectivity index (χ1) is 9.74. The van der Waals surface area contributed by atoms with Crippen molar-refractivity contribution < 1.29 is 13.9 Å². The third-order valence-corrected chi connectivity index (χ3v) is 3.69. The number of rotatable bonds is 9. The lowest BCUT2D eigenvalue weighted by Gasteiger charge is -2.11. The molecule has 0 heterocycles. The Balaban J connectivity index is 1.76.